The van der Waals surface area contributed by atoms with Crippen LogP contribution in [0.1, 0.15) is 6.92 Å². The van der Waals surface area contributed by atoms with Gasteiger partial charge in [-0.1, -0.05) is 23.4 Å². The number of rotatable bonds is 5. The molecule has 1 amide bonds. The standard InChI is InChI=1S/C14H14ClN3O3S2/c1-9(22-14-12(15)3-2-8-17-14)13(19)18-10-4-6-11(7-5-10)23(16,20)21/h2-9H,1H3,(H,18,19)(H2,16,20,21). The van der Waals surface area contributed by atoms with E-state index in [1.54, 1.807) is 25.3 Å². The smallest absolute Gasteiger partial charge is 0.238 e. The summed E-state index contributed by atoms with van der Waals surface area (Å²) < 4.78 is 22.4. The summed E-state index contributed by atoms with van der Waals surface area (Å²) in [5.41, 5.74) is 0.474. The molecule has 9 heteroatoms. The summed E-state index contributed by atoms with van der Waals surface area (Å²) in [5, 5.41) is 8.33. The van der Waals surface area contributed by atoms with Gasteiger partial charge in [-0.15, -0.1) is 0 Å². The van der Waals surface area contributed by atoms with Gasteiger partial charge in [-0.3, -0.25) is 4.79 Å². The Morgan fingerprint density at radius 3 is 2.52 bits per heavy atom. The fraction of sp³-hybridized carbons (Fsp3) is 0.143. The van der Waals surface area contributed by atoms with Gasteiger partial charge in [0.25, 0.3) is 0 Å². The maximum Gasteiger partial charge on any atom is 0.238 e. The highest BCUT2D eigenvalue weighted by Crippen LogP contribution is 2.28. The Hall–Kier alpha value is -1.61. The molecular weight excluding hydrogens is 358 g/mol. The molecule has 0 radical (unpaired) electrons. The van der Waals surface area contributed by atoms with Gasteiger partial charge in [0.2, 0.25) is 15.9 Å². The number of halogens is 1. The van der Waals surface area contributed by atoms with Gasteiger partial charge in [-0.25, -0.2) is 18.5 Å². The van der Waals surface area contributed by atoms with Crippen LogP contribution in [-0.2, 0) is 14.8 Å². The summed E-state index contributed by atoms with van der Waals surface area (Å²) in [6.45, 7) is 1.73. The number of anilines is 1. The van der Waals surface area contributed by atoms with Crippen LogP contribution in [0.2, 0.25) is 5.02 Å². The van der Waals surface area contributed by atoms with E-state index in [1.807, 2.05) is 0 Å². The molecule has 0 bridgehead atoms. The number of pyridine rings is 1. The normalized spacial score (nSPS) is 12.7. The molecule has 1 aromatic heterocycles. The molecule has 2 aromatic rings. The van der Waals surface area contributed by atoms with E-state index in [2.05, 4.69) is 10.3 Å². The van der Waals surface area contributed by atoms with Gasteiger partial charge in [0, 0.05) is 11.9 Å². The van der Waals surface area contributed by atoms with Crippen molar-refractivity contribution in [2.75, 3.05) is 5.32 Å². The minimum Gasteiger partial charge on any atom is -0.325 e. The first kappa shape index (κ1) is 17.7. The first-order chi connectivity index (χ1) is 10.8. The van der Waals surface area contributed by atoms with E-state index in [9.17, 15) is 13.2 Å². The zero-order valence-corrected chi connectivity index (χ0v) is 14.5. The lowest BCUT2D eigenvalue weighted by Crippen LogP contribution is -2.22. The van der Waals surface area contributed by atoms with Crippen LogP contribution in [0.25, 0.3) is 0 Å². The molecule has 0 aliphatic heterocycles. The van der Waals surface area contributed by atoms with Crippen LogP contribution in [0.15, 0.2) is 52.5 Å². The zero-order chi connectivity index (χ0) is 17.0. The Bertz CT molecular complexity index is 810. The van der Waals surface area contributed by atoms with Gasteiger partial charge in [0.1, 0.15) is 5.03 Å². The number of carbonyl (C=O) groups is 1. The molecule has 23 heavy (non-hydrogen) atoms. The van der Waals surface area contributed by atoms with Crippen LogP contribution in [0.4, 0.5) is 5.69 Å². The Morgan fingerprint density at radius 2 is 1.96 bits per heavy atom. The molecule has 1 aromatic carbocycles. The van der Waals surface area contributed by atoms with Gasteiger partial charge in [-0.2, -0.15) is 0 Å². The SMILES string of the molecule is CC(Sc1ncccc1Cl)C(=O)Nc1ccc(S(N)(=O)=O)cc1. The van der Waals surface area contributed by atoms with E-state index in [-0.39, 0.29) is 10.8 Å². The van der Waals surface area contributed by atoms with Crippen molar-refractivity contribution in [1.82, 2.24) is 4.98 Å². The Labute approximate surface area is 143 Å². The second kappa shape index (κ2) is 7.31. The number of nitrogens with zero attached hydrogens (tertiary/aromatic N) is 1. The number of benzene rings is 1. The number of aromatic nitrogens is 1. The summed E-state index contributed by atoms with van der Waals surface area (Å²) in [7, 11) is -3.75. The van der Waals surface area contributed by atoms with Crippen molar-refractivity contribution in [3.8, 4) is 0 Å². The lowest BCUT2D eigenvalue weighted by molar-refractivity contribution is -0.115. The molecule has 1 unspecified atom stereocenters. The molecule has 0 saturated carbocycles. The van der Waals surface area contributed by atoms with Crippen LogP contribution in [0, 0.1) is 0 Å². The van der Waals surface area contributed by atoms with Crippen LogP contribution in [-0.4, -0.2) is 24.6 Å². The van der Waals surface area contributed by atoms with Crippen molar-refractivity contribution < 1.29 is 13.2 Å². The van der Waals surface area contributed by atoms with Crippen molar-refractivity contribution in [1.29, 1.82) is 0 Å². The average Bonchev–Trinajstić information content (AvgIpc) is 2.49. The molecule has 0 aliphatic carbocycles. The molecule has 0 aliphatic rings. The third-order valence-electron chi connectivity index (χ3n) is 2.83. The average molecular weight is 372 g/mol. The van der Waals surface area contributed by atoms with E-state index >= 15 is 0 Å². The largest absolute Gasteiger partial charge is 0.325 e. The van der Waals surface area contributed by atoms with E-state index in [1.165, 1.54) is 36.0 Å². The van der Waals surface area contributed by atoms with Crippen molar-refractivity contribution in [2.45, 2.75) is 22.1 Å². The molecule has 1 heterocycles. The highest BCUT2D eigenvalue weighted by Gasteiger charge is 2.17. The Morgan fingerprint density at radius 1 is 1.30 bits per heavy atom. The van der Waals surface area contributed by atoms with Gasteiger partial charge >= 0.3 is 0 Å². The lowest BCUT2D eigenvalue weighted by atomic mass is 10.3. The number of hydrogen-bond donors (Lipinski definition) is 2. The van der Waals surface area contributed by atoms with E-state index in [4.69, 9.17) is 16.7 Å². The molecule has 0 saturated heterocycles. The summed E-state index contributed by atoms with van der Waals surface area (Å²) in [6.07, 6.45) is 1.60. The second-order valence-electron chi connectivity index (χ2n) is 4.61. The van der Waals surface area contributed by atoms with Crippen molar-refractivity contribution >= 4 is 45.0 Å². The zero-order valence-electron chi connectivity index (χ0n) is 12.1. The summed E-state index contributed by atoms with van der Waals surface area (Å²) in [4.78, 5) is 16.3. The number of thioether (sulfide) groups is 1. The van der Waals surface area contributed by atoms with Gasteiger partial charge in [0.15, 0.2) is 0 Å². The topological polar surface area (TPSA) is 102 Å². The Kier molecular flexibility index (Phi) is 5.64. The number of sulfonamides is 1. The number of carbonyl (C=O) groups excluding carboxylic acids is 1. The molecule has 3 N–H and O–H groups in total. The van der Waals surface area contributed by atoms with Crippen molar-refractivity contribution in [2.24, 2.45) is 5.14 Å². The van der Waals surface area contributed by atoms with E-state index in [0.29, 0.717) is 15.7 Å². The van der Waals surface area contributed by atoms with Gasteiger partial charge in [-0.05, 0) is 43.3 Å². The molecule has 0 spiro atoms. The molecule has 2 rings (SSSR count). The van der Waals surface area contributed by atoms with Crippen LogP contribution in [0.3, 0.4) is 0 Å². The van der Waals surface area contributed by atoms with Crippen LogP contribution < -0.4 is 10.5 Å². The lowest BCUT2D eigenvalue weighted by Gasteiger charge is -2.12. The molecule has 122 valence electrons. The first-order valence-electron chi connectivity index (χ1n) is 6.48. The number of nitrogens with one attached hydrogen (secondary N) is 1. The monoisotopic (exact) mass is 371 g/mol. The minimum absolute atomic E-state index is 0.0156. The maximum atomic E-state index is 12.2. The highest BCUT2D eigenvalue weighted by molar-refractivity contribution is 8.00. The summed E-state index contributed by atoms with van der Waals surface area (Å²) in [5.74, 6) is -0.250. The maximum absolute atomic E-state index is 12.2. The van der Waals surface area contributed by atoms with Gasteiger partial charge in [0.05, 0.1) is 15.2 Å². The minimum atomic E-state index is -3.75. The first-order valence-corrected chi connectivity index (χ1v) is 9.28. The fourth-order valence-corrected chi connectivity index (χ4v) is 3.22. The predicted octanol–water partition coefficient (Wildman–Crippen LogP) is 2.50. The summed E-state index contributed by atoms with van der Waals surface area (Å²) in [6, 6.07) is 9.03. The number of hydrogen-bond acceptors (Lipinski definition) is 5. The Balaban J connectivity index is 2.02. The van der Waals surface area contributed by atoms with Crippen LogP contribution in [0.5, 0.6) is 0 Å². The number of primary sulfonamides is 1. The third kappa shape index (κ3) is 4.93. The molecule has 6 nitrogen and oxygen atoms in total. The quantitative estimate of drug-likeness (QED) is 0.786. The second-order valence-corrected chi connectivity index (χ2v) is 7.91. The molecule has 0 fully saturated rings. The molecular formula is C14H14ClN3O3S2. The number of amides is 1. The van der Waals surface area contributed by atoms with E-state index in [0.717, 1.165) is 0 Å². The third-order valence-corrected chi connectivity index (χ3v) is 5.30. The van der Waals surface area contributed by atoms with Gasteiger partial charge < -0.3 is 5.32 Å². The highest BCUT2D eigenvalue weighted by atomic mass is 35.5. The van der Waals surface area contributed by atoms with Crippen molar-refractivity contribution in [3.05, 3.63) is 47.6 Å². The van der Waals surface area contributed by atoms with Crippen LogP contribution >= 0.6 is 23.4 Å². The fourth-order valence-electron chi connectivity index (χ4n) is 1.65. The van der Waals surface area contributed by atoms with E-state index < -0.39 is 15.3 Å². The number of nitrogens with two attached hydrogens (primary N) is 1. The predicted molar refractivity (Wildman–Crippen MR) is 91.0 cm³/mol. The summed E-state index contributed by atoms with van der Waals surface area (Å²) >= 11 is 7.24. The molecule has 1 atom stereocenters. The van der Waals surface area contributed by atoms with Crippen molar-refractivity contribution in [3.63, 3.8) is 0 Å².